The van der Waals surface area contributed by atoms with Crippen LogP contribution in [0.5, 0.6) is 5.75 Å². The summed E-state index contributed by atoms with van der Waals surface area (Å²) in [6.07, 6.45) is 5.76. The maximum Gasteiger partial charge on any atom is 0.254 e. The number of aryl methyl sites for hydroxylation is 1. The van der Waals surface area contributed by atoms with E-state index in [-0.39, 0.29) is 11.9 Å². The summed E-state index contributed by atoms with van der Waals surface area (Å²) in [5.41, 5.74) is 7.09. The number of rotatable bonds is 10. The van der Waals surface area contributed by atoms with E-state index in [1.165, 1.54) is 28.7 Å². The van der Waals surface area contributed by atoms with Crippen LogP contribution in [0.15, 0.2) is 91.1 Å². The van der Waals surface area contributed by atoms with Crippen molar-refractivity contribution in [3.63, 3.8) is 0 Å². The molecule has 0 atom stereocenters. The van der Waals surface area contributed by atoms with Crippen LogP contribution in [0.25, 0.3) is 11.1 Å². The number of benzene rings is 3. The summed E-state index contributed by atoms with van der Waals surface area (Å²) in [4.78, 5) is 23.2. The number of likely N-dealkylation sites (tertiary alicyclic amines) is 1. The third-order valence-electron chi connectivity index (χ3n) is 8.72. The molecule has 1 aromatic heterocycles. The van der Waals surface area contributed by atoms with Crippen LogP contribution in [0, 0.1) is 24.7 Å². The molecule has 1 aliphatic heterocycles. The Labute approximate surface area is 269 Å². The number of ether oxygens (including phenoxy) is 1. The van der Waals surface area contributed by atoms with Gasteiger partial charge in [0.25, 0.3) is 5.91 Å². The molecule has 3 aromatic carbocycles. The number of methoxy groups -OCH3 is 1. The molecule has 0 radical (unpaired) electrons. The quantitative estimate of drug-likeness (QED) is 0.176. The second-order valence-electron chi connectivity index (χ2n) is 12.4. The van der Waals surface area contributed by atoms with Crippen LogP contribution in [0.2, 0.25) is 0 Å². The lowest BCUT2D eigenvalue weighted by atomic mass is 9.96. The number of piperidine rings is 1. The summed E-state index contributed by atoms with van der Waals surface area (Å²) in [6.45, 7) is 10.6. The fourth-order valence-corrected chi connectivity index (χ4v) is 6.04. The number of aromatic nitrogens is 1. The highest BCUT2D eigenvalue weighted by molar-refractivity contribution is 5.95. The second kappa shape index (κ2) is 15.5. The van der Waals surface area contributed by atoms with Crippen molar-refractivity contribution in [1.82, 2.24) is 14.8 Å². The van der Waals surface area contributed by atoms with Crippen LogP contribution in [0.3, 0.4) is 0 Å². The molecule has 0 bridgehead atoms. The highest BCUT2D eigenvalue weighted by Gasteiger charge is 2.28. The van der Waals surface area contributed by atoms with Crippen LogP contribution >= 0.6 is 0 Å². The maximum atomic E-state index is 14.2. The van der Waals surface area contributed by atoms with Gasteiger partial charge in [0, 0.05) is 43.0 Å². The minimum Gasteiger partial charge on any atom is -0.497 e. The molecule has 5 rings (SSSR count). The van der Waals surface area contributed by atoms with Crippen molar-refractivity contribution in [2.24, 2.45) is 5.92 Å². The van der Waals surface area contributed by atoms with E-state index in [0.29, 0.717) is 23.7 Å². The molecule has 0 aliphatic carbocycles. The molecule has 0 saturated carbocycles. The third kappa shape index (κ3) is 8.84. The Morgan fingerprint density at radius 3 is 2.47 bits per heavy atom. The van der Waals surface area contributed by atoms with Crippen molar-refractivity contribution >= 4 is 5.91 Å². The molecule has 5 heteroatoms. The van der Waals surface area contributed by atoms with Gasteiger partial charge >= 0.3 is 0 Å². The average molecular weight is 600 g/mol. The normalized spacial score (nSPS) is 13.7. The first-order chi connectivity index (χ1) is 21.9. The molecule has 45 heavy (non-hydrogen) atoms. The minimum absolute atomic E-state index is 0.0868. The first-order valence-electron chi connectivity index (χ1n) is 16.2. The lowest BCUT2D eigenvalue weighted by Crippen LogP contribution is -2.48. The molecule has 2 heterocycles. The number of hydrogen-bond donors (Lipinski definition) is 0. The van der Waals surface area contributed by atoms with Gasteiger partial charge in [-0.25, -0.2) is 4.98 Å². The molecular formula is C40H45N3O2. The third-order valence-corrected chi connectivity index (χ3v) is 8.72. The van der Waals surface area contributed by atoms with Gasteiger partial charge < -0.3 is 14.5 Å². The van der Waals surface area contributed by atoms with Crippen molar-refractivity contribution in [3.8, 4) is 28.7 Å². The van der Waals surface area contributed by atoms with Gasteiger partial charge in [-0.1, -0.05) is 62.2 Å². The first kappa shape index (κ1) is 32.0. The Morgan fingerprint density at radius 2 is 1.78 bits per heavy atom. The van der Waals surface area contributed by atoms with Crippen molar-refractivity contribution < 1.29 is 9.53 Å². The van der Waals surface area contributed by atoms with Gasteiger partial charge in [0.2, 0.25) is 0 Å². The van der Waals surface area contributed by atoms with Gasteiger partial charge in [0.05, 0.1) is 7.11 Å². The predicted octanol–water partition coefficient (Wildman–Crippen LogP) is 7.66. The molecular weight excluding hydrogens is 554 g/mol. The molecule has 1 saturated heterocycles. The zero-order valence-corrected chi connectivity index (χ0v) is 27.1. The molecule has 0 N–H and O–H groups in total. The van der Waals surface area contributed by atoms with E-state index in [2.05, 4.69) is 77.7 Å². The SMILES string of the molecule is COc1ccc(-c2ccc(CCN(C(=O)c3cccc(C#Cc4ccccn4)c3)C3CCN(CCC(C)C)CC3)cc2C)cc1. The van der Waals surface area contributed by atoms with Crippen LogP contribution in [0.1, 0.15) is 65.9 Å². The van der Waals surface area contributed by atoms with Gasteiger partial charge in [-0.3, -0.25) is 4.79 Å². The maximum absolute atomic E-state index is 14.2. The molecule has 0 spiro atoms. The van der Waals surface area contributed by atoms with Crippen LogP contribution in [-0.4, -0.2) is 60.0 Å². The Morgan fingerprint density at radius 1 is 0.978 bits per heavy atom. The Bertz CT molecular complexity index is 1610. The Balaban J connectivity index is 1.33. The van der Waals surface area contributed by atoms with Gasteiger partial charge in [-0.05, 0) is 116 Å². The molecule has 4 aromatic rings. The summed E-state index contributed by atoms with van der Waals surface area (Å²) < 4.78 is 5.33. The van der Waals surface area contributed by atoms with Gasteiger partial charge in [0.1, 0.15) is 11.4 Å². The fraction of sp³-hybridized carbons (Fsp3) is 0.350. The smallest absolute Gasteiger partial charge is 0.254 e. The van der Waals surface area contributed by atoms with E-state index in [9.17, 15) is 4.79 Å². The van der Waals surface area contributed by atoms with E-state index >= 15 is 0 Å². The van der Waals surface area contributed by atoms with Crippen LogP contribution < -0.4 is 4.74 Å². The summed E-state index contributed by atoms with van der Waals surface area (Å²) in [7, 11) is 1.69. The van der Waals surface area contributed by atoms with E-state index in [4.69, 9.17) is 4.74 Å². The van der Waals surface area contributed by atoms with E-state index in [0.717, 1.165) is 50.2 Å². The van der Waals surface area contributed by atoms with Crippen molar-refractivity contribution in [2.75, 3.05) is 33.3 Å². The highest BCUT2D eigenvalue weighted by atomic mass is 16.5. The molecule has 1 fully saturated rings. The molecule has 5 nitrogen and oxygen atoms in total. The zero-order valence-electron chi connectivity index (χ0n) is 27.1. The standard InChI is InChI=1S/C40H45N3O2/c1-30(2)19-24-42-25-21-37(22-26-42)43(40(44)35-9-7-8-32(29-35)11-15-36-10-5-6-23-41-36)27-20-33-12-18-39(31(3)28-33)34-13-16-38(45-4)17-14-34/h5-10,12-14,16-18,23,28-30,37H,19-22,24-27H2,1-4H3. The lowest BCUT2D eigenvalue weighted by Gasteiger charge is -2.39. The second-order valence-corrected chi connectivity index (χ2v) is 12.4. The molecule has 1 aliphatic rings. The van der Waals surface area contributed by atoms with Crippen LogP contribution in [-0.2, 0) is 6.42 Å². The largest absolute Gasteiger partial charge is 0.497 e. The summed E-state index contributed by atoms with van der Waals surface area (Å²) in [5.74, 6) is 7.96. The highest BCUT2D eigenvalue weighted by Crippen LogP contribution is 2.27. The van der Waals surface area contributed by atoms with Crippen molar-refractivity contribution in [1.29, 1.82) is 0 Å². The summed E-state index contributed by atoms with van der Waals surface area (Å²) >= 11 is 0. The Kier molecular flexibility index (Phi) is 11.1. The Hall–Kier alpha value is -4.40. The predicted molar refractivity (Wildman–Crippen MR) is 183 cm³/mol. The molecule has 232 valence electrons. The van der Waals surface area contributed by atoms with Gasteiger partial charge in [-0.15, -0.1) is 0 Å². The number of carbonyl (C=O) groups is 1. The zero-order chi connectivity index (χ0) is 31.6. The van der Waals surface area contributed by atoms with Gasteiger partial charge in [0.15, 0.2) is 0 Å². The van der Waals surface area contributed by atoms with Crippen molar-refractivity contribution in [2.45, 2.75) is 52.5 Å². The molecule has 0 unspecified atom stereocenters. The lowest BCUT2D eigenvalue weighted by molar-refractivity contribution is 0.0572. The number of hydrogen-bond acceptors (Lipinski definition) is 4. The first-order valence-corrected chi connectivity index (χ1v) is 16.2. The molecule has 1 amide bonds. The van der Waals surface area contributed by atoms with E-state index < -0.39 is 0 Å². The topological polar surface area (TPSA) is 45.7 Å². The number of pyridine rings is 1. The fourth-order valence-electron chi connectivity index (χ4n) is 6.04. The summed E-state index contributed by atoms with van der Waals surface area (Å²) in [6, 6.07) is 28.5. The monoisotopic (exact) mass is 599 g/mol. The van der Waals surface area contributed by atoms with E-state index in [1.54, 1.807) is 13.3 Å². The number of amides is 1. The van der Waals surface area contributed by atoms with E-state index in [1.807, 2.05) is 54.6 Å². The minimum atomic E-state index is 0.0868. The van der Waals surface area contributed by atoms with Crippen molar-refractivity contribution in [3.05, 3.63) is 119 Å². The number of carbonyl (C=O) groups excluding carboxylic acids is 1. The number of nitrogens with zero attached hydrogens (tertiary/aromatic N) is 3. The summed E-state index contributed by atoms with van der Waals surface area (Å²) in [5, 5.41) is 0. The average Bonchev–Trinajstić information content (AvgIpc) is 3.07. The van der Waals surface area contributed by atoms with Gasteiger partial charge in [-0.2, -0.15) is 0 Å². The van der Waals surface area contributed by atoms with Crippen LogP contribution in [0.4, 0.5) is 0 Å².